The van der Waals surface area contributed by atoms with Crippen LogP contribution in [0.5, 0.6) is 5.88 Å². The average Bonchev–Trinajstić information content (AvgIpc) is 2.53. The zero-order valence-electron chi connectivity index (χ0n) is 9.69. The van der Waals surface area contributed by atoms with Crippen molar-refractivity contribution in [1.29, 1.82) is 0 Å². The van der Waals surface area contributed by atoms with Gasteiger partial charge in [0.1, 0.15) is 5.60 Å². The van der Waals surface area contributed by atoms with Crippen molar-refractivity contribution in [3.05, 3.63) is 30.7 Å². The molecular weight excluding hydrogens is 205 g/mol. The van der Waals surface area contributed by atoms with E-state index in [4.69, 9.17) is 14.0 Å². The lowest BCUT2D eigenvalue weighted by atomic mass is 9.80. The Morgan fingerprint density at radius 2 is 2.25 bits per heavy atom. The first-order valence-electron chi connectivity index (χ1n) is 5.07. The van der Waals surface area contributed by atoms with Gasteiger partial charge in [-0.05, 0) is 19.9 Å². The Morgan fingerprint density at radius 3 is 2.81 bits per heavy atom. The van der Waals surface area contributed by atoms with Crippen molar-refractivity contribution in [2.75, 3.05) is 7.11 Å². The lowest BCUT2D eigenvalue weighted by molar-refractivity contribution is 0.173. The van der Waals surface area contributed by atoms with Crippen molar-refractivity contribution in [1.82, 2.24) is 4.98 Å². The number of hydrogen-bond acceptors (Lipinski definition) is 4. The minimum atomic E-state index is -0.494. The second-order valence-electron chi connectivity index (χ2n) is 4.10. The molecule has 2 rings (SSSR count). The Bertz CT molecular complexity index is 419. The largest absolute Gasteiger partial charge is 0.568 e. The van der Waals surface area contributed by atoms with Gasteiger partial charge in [-0.3, -0.25) is 0 Å². The Hall–Kier alpha value is -1.49. The molecule has 2 heterocycles. The molecular formula is C11H14BNO3. The van der Waals surface area contributed by atoms with Gasteiger partial charge in [0, 0.05) is 6.20 Å². The summed E-state index contributed by atoms with van der Waals surface area (Å²) in [5, 5.41) is 0. The predicted octanol–water partition coefficient (Wildman–Crippen LogP) is 1.12. The van der Waals surface area contributed by atoms with Crippen molar-refractivity contribution < 1.29 is 14.0 Å². The molecule has 0 atom stereocenters. The molecule has 1 fully saturated rings. The van der Waals surface area contributed by atoms with E-state index in [1.54, 1.807) is 13.3 Å². The van der Waals surface area contributed by atoms with Crippen LogP contribution in [0.3, 0.4) is 0 Å². The van der Waals surface area contributed by atoms with Gasteiger partial charge in [0.05, 0.1) is 18.3 Å². The average molecular weight is 219 g/mol. The van der Waals surface area contributed by atoms with Crippen LogP contribution in [0.4, 0.5) is 0 Å². The quantitative estimate of drug-likeness (QED) is 0.699. The summed E-state index contributed by atoms with van der Waals surface area (Å²) in [7, 11) is 1.08. The summed E-state index contributed by atoms with van der Waals surface area (Å²) in [5.74, 6) is 1.13. The number of aromatic nitrogens is 1. The van der Waals surface area contributed by atoms with E-state index in [2.05, 4.69) is 11.6 Å². The summed E-state index contributed by atoms with van der Waals surface area (Å²) in [4.78, 5) is 4.10. The minimum absolute atomic E-state index is 0.481. The van der Waals surface area contributed by atoms with Gasteiger partial charge in [0.2, 0.25) is 5.88 Å². The molecule has 0 unspecified atom stereocenters. The zero-order valence-corrected chi connectivity index (χ0v) is 9.69. The van der Waals surface area contributed by atoms with Gasteiger partial charge in [-0.25, -0.2) is 4.98 Å². The second-order valence-corrected chi connectivity index (χ2v) is 4.10. The number of hydrogen-bond donors (Lipinski definition) is 0. The highest BCUT2D eigenvalue weighted by atomic mass is 16.7. The monoisotopic (exact) mass is 219 g/mol. The van der Waals surface area contributed by atoms with Gasteiger partial charge >= 0.3 is 7.12 Å². The highest BCUT2D eigenvalue weighted by Crippen LogP contribution is 2.29. The number of ether oxygens (including phenoxy) is 1. The van der Waals surface area contributed by atoms with Crippen molar-refractivity contribution >= 4 is 12.6 Å². The van der Waals surface area contributed by atoms with Crippen molar-refractivity contribution in [2.24, 2.45) is 0 Å². The van der Waals surface area contributed by atoms with Crippen LogP contribution in [0.25, 0.3) is 0 Å². The lowest BCUT2D eigenvalue weighted by Gasteiger charge is -2.15. The predicted molar refractivity (Wildman–Crippen MR) is 61.6 cm³/mol. The van der Waals surface area contributed by atoms with E-state index in [1.165, 1.54) is 0 Å². The van der Waals surface area contributed by atoms with Gasteiger partial charge in [0.15, 0.2) is 0 Å². The van der Waals surface area contributed by atoms with Gasteiger partial charge < -0.3 is 14.0 Å². The third-order valence-corrected chi connectivity index (χ3v) is 2.57. The Morgan fingerprint density at radius 1 is 1.50 bits per heavy atom. The molecule has 84 valence electrons. The SMILES string of the molecule is C=C1OB(c2cccnc2OC)OC1(C)C. The summed E-state index contributed by atoms with van der Waals surface area (Å²) in [6, 6.07) is 3.68. The van der Waals surface area contributed by atoms with E-state index in [9.17, 15) is 0 Å². The van der Waals surface area contributed by atoms with E-state index in [-0.39, 0.29) is 0 Å². The third-order valence-electron chi connectivity index (χ3n) is 2.57. The van der Waals surface area contributed by atoms with Crippen molar-refractivity contribution in [3.8, 4) is 5.88 Å². The molecule has 0 amide bonds. The van der Waals surface area contributed by atoms with Crippen LogP contribution >= 0.6 is 0 Å². The van der Waals surface area contributed by atoms with E-state index >= 15 is 0 Å². The fraction of sp³-hybridized carbons (Fsp3) is 0.364. The van der Waals surface area contributed by atoms with Crippen LogP contribution in [-0.4, -0.2) is 24.8 Å². The molecule has 0 radical (unpaired) electrons. The fourth-order valence-corrected chi connectivity index (χ4v) is 1.51. The minimum Gasteiger partial charge on any atom is -0.534 e. The first kappa shape index (κ1) is 11.0. The molecule has 5 heteroatoms. The summed E-state index contributed by atoms with van der Waals surface area (Å²) in [5.41, 5.74) is 0.294. The zero-order chi connectivity index (χ0) is 11.8. The molecule has 1 aromatic rings. The molecule has 0 bridgehead atoms. The van der Waals surface area contributed by atoms with Crippen molar-refractivity contribution in [3.63, 3.8) is 0 Å². The highest BCUT2D eigenvalue weighted by molar-refractivity contribution is 6.63. The van der Waals surface area contributed by atoms with Crippen LogP contribution in [0.2, 0.25) is 0 Å². The maximum absolute atomic E-state index is 5.75. The van der Waals surface area contributed by atoms with E-state index < -0.39 is 12.7 Å². The number of rotatable bonds is 2. The number of nitrogens with zero attached hydrogens (tertiary/aromatic N) is 1. The second kappa shape index (κ2) is 3.83. The topological polar surface area (TPSA) is 40.6 Å². The molecule has 0 N–H and O–H groups in total. The van der Waals surface area contributed by atoms with Gasteiger partial charge in [-0.2, -0.15) is 0 Å². The maximum Gasteiger partial charge on any atom is 0.568 e. The smallest absolute Gasteiger partial charge is 0.534 e. The summed E-state index contributed by atoms with van der Waals surface area (Å²) >= 11 is 0. The molecule has 1 aromatic heterocycles. The molecule has 0 aliphatic carbocycles. The summed E-state index contributed by atoms with van der Waals surface area (Å²) in [6.45, 7) is 7.66. The van der Waals surface area contributed by atoms with Crippen LogP contribution in [-0.2, 0) is 9.31 Å². The number of methoxy groups -OCH3 is 1. The van der Waals surface area contributed by atoms with Crippen LogP contribution in [0.15, 0.2) is 30.7 Å². The summed E-state index contributed by atoms with van der Waals surface area (Å²) in [6.07, 6.45) is 1.66. The maximum atomic E-state index is 5.75. The first-order valence-corrected chi connectivity index (χ1v) is 5.07. The molecule has 0 spiro atoms. The van der Waals surface area contributed by atoms with Crippen LogP contribution in [0, 0.1) is 0 Å². The van der Waals surface area contributed by atoms with Gasteiger partial charge in [-0.15, -0.1) is 0 Å². The third kappa shape index (κ3) is 1.78. The fourth-order valence-electron chi connectivity index (χ4n) is 1.51. The Labute approximate surface area is 95.4 Å². The molecule has 0 saturated carbocycles. The molecule has 1 aliphatic rings. The Kier molecular flexibility index (Phi) is 2.64. The Balaban J connectivity index is 2.30. The first-order chi connectivity index (χ1) is 7.54. The molecule has 4 nitrogen and oxygen atoms in total. The van der Waals surface area contributed by atoms with Crippen LogP contribution < -0.4 is 10.2 Å². The van der Waals surface area contributed by atoms with Crippen LogP contribution in [0.1, 0.15) is 13.8 Å². The van der Waals surface area contributed by atoms with Gasteiger partial charge in [-0.1, -0.05) is 12.6 Å². The van der Waals surface area contributed by atoms with E-state index in [0.717, 1.165) is 5.46 Å². The molecule has 1 aliphatic heterocycles. The highest BCUT2D eigenvalue weighted by Gasteiger charge is 2.44. The number of pyridine rings is 1. The van der Waals surface area contributed by atoms with Crippen molar-refractivity contribution in [2.45, 2.75) is 19.4 Å². The van der Waals surface area contributed by atoms with Gasteiger partial charge in [0.25, 0.3) is 0 Å². The molecule has 16 heavy (non-hydrogen) atoms. The standard InChI is InChI=1S/C11H14BNO3/c1-8-11(2,3)16-12(15-8)9-6-5-7-13-10(9)14-4/h5-7H,1H2,2-4H3. The normalized spacial score (nSPS) is 18.4. The van der Waals surface area contributed by atoms with E-state index in [0.29, 0.717) is 11.6 Å². The van der Waals surface area contributed by atoms with E-state index in [1.807, 2.05) is 26.0 Å². The molecule has 1 saturated heterocycles. The summed E-state index contributed by atoms with van der Waals surface area (Å²) < 4.78 is 16.5. The molecule has 0 aromatic carbocycles. The lowest BCUT2D eigenvalue weighted by Crippen LogP contribution is -2.35.